The minimum atomic E-state index is -3.74. The van der Waals surface area contributed by atoms with Crippen LogP contribution in [0.3, 0.4) is 0 Å². The maximum absolute atomic E-state index is 10.8. The molecule has 0 heterocycles. The third-order valence-corrected chi connectivity index (χ3v) is 27.2. The highest BCUT2D eigenvalue weighted by atomic mass is 28.4. The molecule has 0 saturated carbocycles. The Bertz CT molecular complexity index is 2090. The summed E-state index contributed by atoms with van der Waals surface area (Å²) in [5, 5.41) is 0. The fourth-order valence-electron chi connectivity index (χ4n) is 5.61. The van der Waals surface area contributed by atoms with Gasteiger partial charge in [-0.25, -0.2) is 0 Å². The molecule has 33 heteroatoms. The molecule has 0 aliphatic carbocycles. The third-order valence-electron chi connectivity index (χ3n) is 10.6. The Morgan fingerprint density at radius 1 is 0.337 bits per heavy atom. The maximum atomic E-state index is 10.8. The lowest BCUT2D eigenvalue weighted by atomic mass is 10.3. The lowest BCUT2D eigenvalue weighted by Gasteiger charge is -2.27. The van der Waals surface area contributed by atoms with Crippen molar-refractivity contribution in [2.75, 3.05) is 104 Å². The standard InChI is InChI=1S/C19H18O3Si.C8H12O6Si.C8H18O3Si.C7H18O3Si.C5H12O3Si.C4H12O3Si.C4H12O2Si.C4H12OSi.H4Si/c1-23(20-17-11-5-2-6-12-17,21-18-13-7-3-8-14-18)22-19-15-9-4-10-16-19;1-5-15(12-6(2)9,13-7(3)10)14-8(4)11;1-5-9-12(8-4,10-6-2)11-7-3;1-5-8-11(4,9-6-2)10-7-3;1-5-9(6-2,7-3)8-4;1-5-8(4,6-2)7-3;1-5-7(3,4)6-2;1-5-6(2,3)4;/h2-16H,1H3;5H,1H2,2-4H3;8H,4-7H2,1-3H3;5-7H2,1-4H3;5H,1H2,2-4H3;1-4H3;1-4H3;1-4H3;1H4. The predicted octanol–water partition coefficient (Wildman–Crippen LogP) is 10.6. The van der Waals surface area contributed by atoms with Crippen LogP contribution in [0.1, 0.15) is 62.3 Å². The molecular formula is C59H118O24Si9. The molecule has 0 fully saturated rings. The molecule has 0 bridgehead atoms. The first-order valence-corrected chi connectivity index (χ1v) is 47.4. The Hall–Kier alpha value is -3.96. The quantitative estimate of drug-likeness (QED) is 0.0514. The molecule has 0 saturated heterocycles. The van der Waals surface area contributed by atoms with Crippen LogP contribution < -0.4 is 13.3 Å². The van der Waals surface area contributed by atoms with Crippen LogP contribution in [-0.2, 0) is 94.1 Å². The van der Waals surface area contributed by atoms with E-state index in [0.717, 1.165) is 43.7 Å². The first-order chi connectivity index (χ1) is 42.6. The number of para-hydroxylation sites is 3. The summed E-state index contributed by atoms with van der Waals surface area (Å²) in [4.78, 5) is 32.3. The largest absolute Gasteiger partial charge is 0.734 e. The van der Waals surface area contributed by atoms with Gasteiger partial charge in [-0.2, -0.15) is 0 Å². The van der Waals surface area contributed by atoms with E-state index in [9.17, 15) is 14.4 Å². The van der Waals surface area contributed by atoms with Gasteiger partial charge in [-0.05, 0) is 133 Å². The fourth-order valence-corrected chi connectivity index (χ4v) is 14.3. The van der Waals surface area contributed by atoms with E-state index in [1.165, 1.54) is 0 Å². The Kier molecular flexibility index (Phi) is 60.6. The molecule has 3 aromatic carbocycles. The van der Waals surface area contributed by atoms with Crippen LogP contribution >= 0.6 is 0 Å². The van der Waals surface area contributed by atoms with Crippen molar-refractivity contribution in [3.05, 3.63) is 128 Å². The number of hydrogen-bond acceptors (Lipinski definition) is 24. The summed E-state index contributed by atoms with van der Waals surface area (Å²) >= 11 is 0. The van der Waals surface area contributed by atoms with Crippen molar-refractivity contribution in [3.8, 4) is 17.2 Å². The molecule has 3 aromatic rings. The van der Waals surface area contributed by atoms with Gasteiger partial charge >= 0.3 is 61.4 Å². The van der Waals surface area contributed by atoms with Crippen LogP contribution in [0.2, 0.25) is 52.4 Å². The highest BCUT2D eigenvalue weighted by Crippen LogP contribution is 2.24. The van der Waals surface area contributed by atoms with E-state index < -0.39 is 87.6 Å². The monoisotopic (exact) mass is 1460 g/mol. The summed E-state index contributed by atoms with van der Waals surface area (Å²) in [7, 11) is -4.35. The van der Waals surface area contributed by atoms with Crippen LogP contribution in [0.5, 0.6) is 17.2 Å². The van der Waals surface area contributed by atoms with E-state index in [4.69, 9.17) is 92.9 Å². The van der Waals surface area contributed by atoms with Crippen molar-refractivity contribution in [2.45, 2.75) is 115 Å². The summed E-state index contributed by atoms with van der Waals surface area (Å²) in [5.74, 6) is 0.0350. The van der Waals surface area contributed by atoms with Crippen molar-refractivity contribution < 1.29 is 107 Å². The molecule has 0 aliphatic rings. The number of benzene rings is 3. The van der Waals surface area contributed by atoms with Gasteiger partial charge in [0.1, 0.15) is 17.2 Å². The summed E-state index contributed by atoms with van der Waals surface area (Å²) < 4.78 is 110. The molecule has 0 amide bonds. The number of carbonyl (C=O) groups excluding carboxylic acids is 3. The molecular weight excluding hydrogens is 1350 g/mol. The SMILES string of the molecule is C=C[Si](OC(C)=O)(OC(C)=O)OC(C)=O.C=C[Si](OC)(OC)OC.C=C[Si](OCC)(OCC)OCC.CCO[Si](C)(OCC)OCC.CO[Si](C)(C)C.CO[Si](C)(C)OC.CO[Si](C)(OC)OC.C[Si](Oc1ccccc1)(Oc1ccccc1)Oc1ccccc1.[SiH4]. The minimum Gasteiger partial charge on any atom is -0.484 e. The minimum absolute atomic E-state index is 0. The molecule has 0 radical (unpaired) electrons. The average molecular weight is 1460 g/mol. The first-order valence-electron chi connectivity index (χ1n) is 29.1. The zero-order chi connectivity index (χ0) is 71.3. The third kappa shape index (κ3) is 51.4. The van der Waals surface area contributed by atoms with Crippen molar-refractivity contribution >= 4 is 98.6 Å². The van der Waals surface area contributed by atoms with Crippen LogP contribution in [-0.4, -0.2) is 202 Å². The smallest absolute Gasteiger partial charge is 0.484 e. The summed E-state index contributed by atoms with van der Waals surface area (Å²) in [5.41, 5.74) is 4.29. The second kappa shape index (κ2) is 56.2. The topological polar surface area (TPSA) is 245 Å². The van der Waals surface area contributed by atoms with Gasteiger partial charge in [0.15, 0.2) is 8.32 Å². The molecule has 534 valence electrons. The lowest BCUT2D eigenvalue weighted by Crippen LogP contribution is -2.51. The second-order valence-corrected chi connectivity index (χ2v) is 42.7. The molecule has 0 atom stereocenters. The van der Waals surface area contributed by atoms with E-state index in [1.807, 2.05) is 165 Å². The number of rotatable bonds is 33. The molecule has 92 heavy (non-hydrogen) atoms. The zero-order valence-electron chi connectivity index (χ0n) is 59.6. The van der Waals surface area contributed by atoms with E-state index in [2.05, 4.69) is 39.4 Å². The van der Waals surface area contributed by atoms with Gasteiger partial charge in [0.2, 0.25) is 0 Å². The van der Waals surface area contributed by atoms with Crippen LogP contribution in [0.4, 0.5) is 0 Å². The average Bonchev–Trinajstić information content (AvgIpc) is 0.950. The van der Waals surface area contributed by atoms with Gasteiger partial charge in [0, 0.05) is 150 Å². The lowest BCUT2D eigenvalue weighted by molar-refractivity contribution is -0.146. The predicted molar refractivity (Wildman–Crippen MR) is 384 cm³/mol. The van der Waals surface area contributed by atoms with Crippen molar-refractivity contribution in [1.82, 2.24) is 0 Å². The molecule has 0 spiro atoms. The van der Waals surface area contributed by atoms with Crippen molar-refractivity contribution in [1.29, 1.82) is 0 Å². The Labute approximate surface area is 566 Å². The molecule has 3 rings (SSSR count). The first kappa shape index (κ1) is 99.1. The molecule has 0 aliphatic heterocycles. The van der Waals surface area contributed by atoms with Gasteiger partial charge < -0.3 is 92.9 Å². The fraction of sp³-hybridized carbons (Fsp3) is 0.542. The van der Waals surface area contributed by atoms with Crippen LogP contribution in [0.25, 0.3) is 0 Å². The van der Waals surface area contributed by atoms with Gasteiger partial charge in [-0.15, -0.1) is 0 Å². The van der Waals surface area contributed by atoms with Crippen LogP contribution in [0, 0.1) is 0 Å². The zero-order valence-corrected chi connectivity index (χ0v) is 67.6. The van der Waals surface area contributed by atoms with E-state index in [1.54, 1.807) is 75.4 Å². The second-order valence-electron chi connectivity index (χ2n) is 19.0. The van der Waals surface area contributed by atoms with E-state index in [-0.39, 0.29) is 11.0 Å². The Balaban J connectivity index is -0.000000239. The highest BCUT2D eigenvalue weighted by molar-refractivity contribution is 6.71. The molecule has 24 nitrogen and oxygen atoms in total. The number of hydrogen-bond donors (Lipinski definition) is 0. The molecule has 0 unspecified atom stereocenters. The maximum Gasteiger partial charge on any atom is 0.734 e. The van der Waals surface area contributed by atoms with Gasteiger partial charge in [0.25, 0.3) is 17.9 Å². The van der Waals surface area contributed by atoms with Gasteiger partial charge in [-0.1, -0.05) is 74.3 Å². The van der Waals surface area contributed by atoms with E-state index in [0.29, 0.717) is 39.6 Å². The normalized spacial score (nSPS) is 11.2. The van der Waals surface area contributed by atoms with Crippen molar-refractivity contribution in [2.24, 2.45) is 0 Å². The Morgan fingerprint density at radius 3 is 0.707 bits per heavy atom. The summed E-state index contributed by atoms with van der Waals surface area (Å²) in [6.45, 7) is 45.3. The summed E-state index contributed by atoms with van der Waals surface area (Å²) in [6.07, 6.45) is 0. The molecule has 0 aromatic heterocycles. The van der Waals surface area contributed by atoms with Crippen LogP contribution in [0.15, 0.2) is 128 Å². The van der Waals surface area contributed by atoms with E-state index >= 15 is 0 Å². The highest BCUT2D eigenvalue weighted by Gasteiger charge is 2.49. The van der Waals surface area contributed by atoms with Gasteiger partial charge in [0.05, 0.1) is 0 Å². The van der Waals surface area contributed by atoms with Crippen molar-refractivity contribution in [3.63, 3.8) is 0 Å². The molecule has 0 N–H and O–H groups in total. The number of carbonyl (C=O) groups is 3. The summed E-state index contributed by atoms with van der Waals surface area (Å²) in [6, 6.07) is 28.8. The Morgan fingerprint density at radius 2 is 0.576 bits per heavy atom. The van der Waals surface area contributed by atoms with Gasteiger partial charge in [-0.3, -0.25) is 14.4 Å².